The lowest BCUT2D eigenvalue weighted by Gasteiger charge is -2.25. The van der Waals surface area contributed by atoms with Crippen LogP contribution in [0.15, 0.2) is 0 Å². The molecule has 1 unspecified atom stereocenters. The fourth-order valence-corrected chi connectivity index (χ4v) is 0.843. The van der Waals surface area contributed by atoms with Crippen molar-refractivity contribution in [3.8, 4) is 0 Å². The van der Waals surface area contributed by atoms with E-state index in [1.165, 1.54) is 11.9 Å². The van der Waals surface area contributed by atoms with Crippen molar-refractivity contribution in [3.05, 3.63) is 0 Å². The third kappa shape index (κ3) is 2.74. The summed E-state index contributed by atoms with van der Waals surface area (Å²) in [6, 6.07) is -0.410. The van der Waals surface area contributed by atoms with Gasteiger partial charge in [0.15, 0.2) is 5.81 Å². The fourth-order valence-electron chi connectivity index (χ4n) is 0.843. The zero-order valence-electron chi connectivity index (χ0n) is 7.07. The van der Waals surface area contributed by atoms with Crippen LogP contribution in [0.4, 0.5) is 4.79 Å². The molecule has 0 saturated carbocycles. The Balaban J connectivity index is 4.25. The highest BCUT2D eigenvalue weighted by Gasteiger charge is 2.18. The second-order valence-corrected chi connectivity index (χ2v) is 2.82. The van der Waals surface area contributed by atoms with Gasteiger partial charge >= 0.3 is 0 Å². The van der Waals surface area contributed by atoms with Crippen LogP contribution in [-0.4, -0.2) is 37.9 Å². The largest absolute Gasteiger partial charge is 0.346 e. The Labute approximate surface area is 68.2 Å². The van der Waals surface area contributed by atoms with Crippen molar-refractivity contribution < 1.29 is 9.59 Å². The van der Waals surface area contributed by atoms with Gasteiger partial charge in [0, 0.05) is 7.05 Å². The van der Waals surface area contributed by atoms with Crippen LogP contribution in [-0.2, 0) is 4.79 Å². The molecular formula is C7H12BNO2. The maximum Gasteiger partial charge on any atom is 0.200 e. The molecule has 1 amide bonds. The molecule has 0 N–H and O–H groups in total. The Morgan fingerprint density at radius 2 is 2.00 bits per heavy atom. The first-order chi connectivity index (χ1) is 5.00. The molecule has 0 aromatic carbocycles. The standard InChI is InChI=1S/C7H12BNO2/c1-5(2)6(4-10)9(3)7(8)11/h4-6H,1-3H3. The highest BCUT2D eigenvalue weighted by Crippen LogP contribution is 2.05. The van der Waals surface area contributed by atoms with Crippen molar-refractivity contribution in [2.75, 3.05) is 7.05 Å². The van der Waals surface area contributed by atoms with E-state index in [2.05, 4.69) is 0 Å². The van der Waals surface area contributed by atoms with E-state index < -0.39 is 11.8 Å². The first kappa shape index (κ1) is 10.2. The van der Waals surface area contributed by atoms with Gasteiger partial charge in [0.05, 0.1) is 6.04 Å². The molecule has 3 nitrogen and oxygen atoms in total. The van der Waals surface area contributed by atoms with E-state index in [1.54, 1.807) is 0 Å². The number of carbonyl (C=O) groups excluding carboxylic acids is 2. The van der Waals surface area contributed by atoms with Gasteiger partial charge in [-0.15, -0.1) is 0 Å². The van der Waals surface area contributed by atoms with E-state index in [4.69, 9.17) is 7.85 Å². The van der Waals surface area contributed by atoms with Gasteiger partial charge in [-0.2, -0.15) is 0 Å². The molecule has 1 atom stereocenters. The second-order valence-electron chi connectivity index (χ2n) is 2.82. The van der Waals surface area contributed by atoms with E-state index in [-0.39, 0.29) is 5.92 Å². The molecular weight excluding hydrogens is 141 g/mol. The van der Waals surface area contributed by atoms with Crippen molar-refractivity contribution in [2.24, 2.45) is 5.92 Å². The lowest BCUT2D eigenvalue weighted by molar-refractivity contribution is -0.112. The number of hydrogen-bond acceptors (Lipinski definition) is 2. The van der Waals surface area contributed by atoms with Crippen LogP contribution in [0.1, 0.15) is 13.8 Å². The van der Waals surface area contributed by atoms with Crippen LogP contribution < -0.4 is 0 Å². The molecule has 0 aromatic rings. The molecule has 11 heavy (non-hydrogen) atoms. The van der Waals surface area contributed by atoms with E-state index in [9.17, 15) is 9.59 Å². The monoisotopic (exact) mass is 153 g/mol. The predicted octanol–water partition coefficient (Wildman–Crippen LogP) is 0.430. The Morgan fingerprint density at radius 1 is 1.55 bits per heavy atom. The third-order valence-corrected chi connectivity index (χ3v) is 1.62. The minimum atomic E-state index is -0.573. The molecule has 0 aliphatic carbocycles. The lowest BCUT2D eigenvalue weighted by Crippen LogP contribution is -2.40. The van der Waals surface area contributed by atoms with Crippen molar-refractivity contribution in [3.63, 3.8) is 0 Å². The van der Waals surface area contributed by atoms with Crippen LogP contribution in [0.3, 0.4) is 0 Å². The first-order valence-electron chi connectivity index (χ1n) is 3.48. The Bertz CT molecular complexity index is 159. The van der Waals surface area contributed by atoms with Gasteiger partial charge < -0.3 is 9.69 Å². The topological polar surface area (TPSA) is 37.4 Å². The van der Waals surface area contributed by atoms with Crippen LogP contribution in [0.25, 0.3) is 0 Å². The Hall–Kier alpha value is -0.795. The highest BCUT2D eigenvalue weighted by atomic mass is 16.2. The second kappa shape index (κ2) is 4.16. The summed E-state index contributed by atoms with van der Waals surface area (Å²) in [6.07, 6.45) is 0.732. The normalized spacial score (nSPS) is 12.7. The summed E-state index contributed by atoms with van der Waals surface area (Å²) in [5, 5.41) is 0. The number of carbonyl (C=O) groups is 2. The minimum Gasteiger partial charge on any atom is -0.346 e. The zero-order valence-corrected chi connectivity index (χ0v) is 7.07. The van der Waals surface area contributed by atoms with Crippen molar-refractivity contribution >= 4 is 19.9 Å². The number of rotatable bonds is 3. The molecule has 4 heteroatoms. The molecule has 0 rings (SSSR count). The summed E-state index contributed by atoms with van der Waals surface area (Å²) in [6.45, 7) is 3.72. The van der Waals surface area contributed by atoms with Gasteiger partial charge in [-0.05, 0) is 5.92 Å². The SMILES string of the molecule is [B]C(=O)N(C)C(C=O)C(C)C. The van der Waals surface area contributed by atoms with E-state index >= 15 is 0 Å². The average molecular weight is 153 g/mol. The molecule has 60 valence electrons. The van der Waals surface area contributed by atoms with Crippen molar-refractivity contribution in [1.82, 2.24) is 4.90 Å². The highest BCUT2D eigenvalue weighted by molar-refractivity contribution is 6.57. The smallest absolute Gasteiger partial charge is 0.200 e. The van der Waals surface area contributed by atoms with Crippen LogP contribution in [0, 0.1) is 5.92 Å². The Kier molecular flexibility index (Phi) is 3.86. The maximum atomic E-state index is 10.6. The molecule has 0 heterocycles. The summed E-state index contributed by atoms with van der Waals surface area (Å²) >= 11 is 0. The molecule has 0 spiro atoms. The lowest BCUT2D eigenvalue weighted by atomic mass is 10.0. The van der Waals surface area contributed by atoms with Crippen molar-refractivity contribution in [2.45, 2.75) is 19.9 Å². The summed E-state index contributed by atoms with van der Waals surface area (Å²) in [5.74, 6) is -0.471. The Morgan fingerprint density at radius 3 is 2.09 bits per heavy atom. The summed E-state index contributed by atoms with van der Waals surface area (Å²) in [5.41, 5.74) is 0. The summed E-state index contributed by atoms with van der Waals surface area (Å²) in [4.78, 5) is 22.3. The average Bonchev–Trinajstić information content (AvgIpc) is 1.88. The predicted molar refractivity (Wildman–Crippen MR) is 43.6 cm³/mol. The van der Waals surface area contributed by atoms with E-state index in [0.29, 0.717) is 0 Å². The minimum absolute atomic E-state index is 0.102. The molecule has 2 radical (unpaired) electrons. The number of hydrogen-bond donors (Lipinski definition) is 0. The number of aldehydes is 1. The van der Waals surface area contributed by atoms with Crippen LogP contribution >= 0.6 is 0 Å². The van der Waals surface area contributed by atoms with Gasteiger partial charge in [-0.1, -0.05) is 13.8 Å². The van der Waals surface area contributed by atoms with Gasteiger partial charge in [-0.3, -0.25) is 4.79 Å². The molecule has 0 fully saturated rings. The number of amides is 1. The molecule has 0 aliphatic heterocycles. The number of nitrogens with zero attached hydrogens (tertiary/aromatic N) is 1. The maximum absolute atomic E-state index is 10.6. The first-order valence-corrected chi connectivity index (χ1v) is 3.48. The fraction of sp³-hybridized carbons (Fsp3) is 0.714. The summed E-state index contributed by atoms with van der Waals surface area (Å²) in [7, 11) is 6.49. The van der Waals surface area contributed by atoms with E-state index in [1.807, 2.05) is 13.8 Å². The molecule has 0 aromatic heterocycles. The quantitative estimate of drug-likeness (QED) is 0.435. The van der Waals surface area contributed by atoms with Crippen LogP contribution in [0.5, 0.6) is 0 Å². The van der Waals surface area contributed by atoms with Gasteiger partial charge in [0.25, 0.3) is 0 Å². The van der Waals surface area contributed by atoms with E-state index in [0.717, 1.165) is 6.29 Å². The van der Waals surface area contributed by atoms with Gasteiger partial charge in [0.2, 0.25) is 7.85 Å². The summed E-state index contributed by atoms with van der Waals surface area (Å²) < 4.78 is 0. The van der Waals surface area contributed by atoms with Gasteiger partial charge in [-0.25, -0.2) is 0 Å². The van der Waals surface area contributed by atoms with Gasteiger partial charge in [0.1, 0.15) is 6.29 Å². The van der Waals surface area contributed by atoms with Crippen molar-refractivity contribution in [1.29, 1.82) is 0 Å². The number of likely N-dealkylation sites (N-methyl/N-ethyl adjacent to an activating group) is 1. The molecule has 0 bridgehead atoms. The zero-order chi connectivity index (χ0) is 9.02. The van der Waals surface area contributed by atoms with Crippen LogP contribution in [0.2, 0.25) is 0 Å². The third-order valence-electron chi connectivity index (χ3n) is 1.62. The molecule has 0 saturated heterocycles. The molecule has 0 aliphatic rings.